The SMILES string of the molecule is CC(=O)NC(C(=O)Nc1cc(F)ccc1F)C1CCCC1. The number of halogens is 2. The second-order valence-corrected chi connectivity index (χ2v) is 5.34. The zero-order chi connectivity index (χ0) is 15.4. The van der Waals surface area contributed by atoms with Crippen molar-refractivity contribution in [3.63, 3.8) is 0 Å². The summed E-state index contributed by atoms with van der Waals surface area (Å²) in [4.78, 5) is 23.5. The van der Waals surface area contributed by atoms with Gasteiger partial charge in [-0.25, -0.2) is 8.78 Å². The number of carbonyl (C=O) groups is 2. The molecule has 2 amide bonds. The molecule has 2 rings (SSSR count). The maximum Gasteiger partial charge on any atom is 0.247 e. The highest BCUT2D eigenvalue weighted by atomic mass is 19.1. The van der Waals surface area contributed by atoms with Crippen LogP contribution in [-0.2, 0) is 9.59 Å². The van der Waals surface area contributed by atoms with E-state index in [9.17, 15) is 18.4 Å². The molecule has 1 unspecified atom stereocenters. The van der Waals surface area contributed by atoms with Gasteiger partial charge in [0.1, 0.15) is 17.7 Å². The molecule has 1 aliphatic carbocycles. The first-order chi connectivity index (χ1) is 9.97. The van der Waals surface area contributed by atoms with Gasteiger partial charge in [-0.05, 0) is 30.9 Å². The van der Waals surface area contributed by atoms with Crippen molar-refractivity contribution >= 4 is 17.5 Å². The summed E-state index contributed by atoms with van der Waals surface area (Å²) in [7, 11) is 0. The molecule has 0 bridgehead atoms. The summed E-state index contributed by atoms with van der Waals surface area (Å²) in [6.45, 7) is 1.33. The number of carbonyl (C=O) groups excluding carboxylic acids is 2. The van der Waals surface area contributed by atoms with Gasteiger partial charge < -0.3 is 10.6 Å². The van der Waals surface area contributed by atoms with Crippen molar-refractivity contribution in [2.24, 2.45) is 5.92 Å². The predicted octanol–water partition coefficient (Wildman–Crippen LogP) is 2.60. The standard InChI is InChI=1S/C15H18F2N2O2/c1-9(20)18-14(10-4-2-3-5-10)15(21)19-13-8-11(16)6-7-12(13)17/h6-8,10,14H,2-5H2,1H3,(H,18,20)(H,19,21). The third kappa shape index (κ3) is 4.00. The Morgan fingerprint density at radius 2 is 1.90 bits per heavy atom. The Bertz CT molecular complexity index is 542. The van der Waals surface area contributed by atoms with Crippen LogP contribution in [-0.4, -0.2) is 17.9 Å². The Labute approximate surface area is 121 Å². The maximum atomic E-state index is 13.6. The third-order valence-electron chi connectivity index (χ3n) is 3.70. The summed E-state index contributed by atoms with van der Waals surface area (Å²) in [6, 6.07) is 2.14. The largest absolute Gasteiger partial charge is 0.344 e. The van der Waals surface area contributed by atoms with Crippen LogP contribution in [0.25, 0.3) is 0 Å². The minimum Gasteiger partial charge on any atom is -0.344 e. The highest BCUT2D eigenvalue weighted by Gasteiger charge is 2.31. The Kier molecular flexibility index (Phi) is 4.88. The van der Waals surface area contributed by atoms with Gasteiger partial charge in [0, 0.05) is 13.0 Å². The molecule has 1 atom stereocenters. The molecule has 4 nitrogen and oxygen atoms in total. The molecule has 114 valence electrons. The minimum atomic E-state index is -0.715. The first kappa shape index (κ1) is 15.4. The van der Waals surface area contributed by atoms with Gasteiger partial charge in [-0.15, -0.1) is 0 Å². The number of anilines is 1. The molecule has 0 heterocycles. The average molecular weight is 296 g/mol. The van der Waals surface area contributed by atoms with E-state index in [2.05, 4.69) is 10.6 Å². The molecular formula is C15H18F2N2O2. The van der Waals surface area contributed by atoms with E-state index in [-0.39, 0.29) is 17.5 Å². The molecule has 1 aromatic rings. The van der Waals surface area contributed by atoms with Crippen LogP contribution in [0.2, 0.25) is 0 Å². The number of benzene rings is 1. The molecule has 1 aliphatic rings. The fraction of sp³-hybridized carbons (Fsp3) is 0.467. The van der Waals surface area contributed by atoms with Crippen molar-refractivity contribution in [2.45, 2.75) is 38.6 Å². The molecule has 1 saturated carbocycles. The summed E-state index contributed by atoms with van der Waals surface area (Å²) in [5.74, 6) is -2.14. The topological polar surface area (TPSA) is 58.2 Å². The maximum absolute atomic E-state index is 13.6. The van der Waals surface area contributed by atoms with Gasteiger partial charge in [0.2, 0.25) is 11.8 Å². The zero-order valence-electron chi connectivity index (χ0n) is 11.8. The van der Waals surface area contributed by atoms with Crippen molar-refractivity contribution < 1.29 is 18.4 Å². The molecule has 21 heavy (non-hydrogen) atoms. The van der Waals surface area contributed by atoms with Crippen LogP contribution in [0, 0.1) is 17.6 Å². The van der Waals surface area contributed by atoms with Crippen molar-refractivity contribution in [3.8, 4) is 0 Å². The van der Waals surface area contributed by atoms with Crippen molar-refractivity contribution in [1.29, 1.82) is 0 Å². The molecule has 2 N–H and O–H groups in total. The smallest absolute Gasteiger partial charge is 0.247 e. The third-order valence-corrected chi connectivity index (χ3v) is 3.70. The van der Waals surface area contributed by atoms with Crippen LogP contribution >= 0.6 is 0 Å². The summed E-state index contributed by atoms with van der Waals surface area (Å²) in [6.07, 6.45) is 3.68. The van der Waals surface area contributed by atoms with Crippen molar-refractivity contribution in [2.75, 3.05) is 5.32 Å². The van der Waals surface area contributed by atoms with E-state index in [1.165, 1.54) is 6.92 Å². The minimum absolute atomic E-state index is 0.0329. The van der Waals surface area contributed by atoms with Gasteiger partial charge in [-0.3, -0.25) is 9.59 Å². The van der Waals surface area contributed by atoms with Gasteiger partial charge in [0.15, 0.2) is 0 Å². The molecule has 0 radical (unpaired) electrons. The van der Waals surface area contributed by atoms with Gasteiger partial charge in [-0.1, -0.05) is 12.8 Å². The average Bonchev–Trinajstić information content (AvgIpc) is 2.93. The van der Waals surface area contributed by atoms with E-state index >= 15 is 0 Å². The lowest BCUT2D eigenvalue weighted by Crippen LogP contribution is -2.47. The highest BCUT2D eigenvalue weighted by Crippen LogP contribution is 2.28. The van der Waals surface area contributed by atoms with E-state index in [0.29, 0.717) is 0 Å². The summed E-state index contributed by atoms with van der Waals surface area (Å²) in [5, 5.41) is 4.97. The normalized spacial score (nSPS) is 16.5. The van der Waals surface area contributed by atoms with Crippen LogP contribution in [0.15, 0.2) is 18.2 Å². The van der Waals surface area contributed by atoms with E-state index in [1.807, 2.05) is 0 Å². The first-order valence-electron chi connectivity index (χ1n) is 7.00. The van der Waals surface area contributed by atoms with Gasteiger partial charge in [0.25, 0.3) is 0 Å². The molecule has 1 fully saturated rings. The van der Waals surface area contributed by atoms with Crippen LogP contribution in [0.3, 0.4) is 0 Å². The van der Waals surface area contributed by atoms with Crippen molar-refractivity contribution in [1.82, 2.24) is 5.32 Å². The zero-order valence-corrected chi connectivity index (χ0v) is 11.8. The lowest BCUT2D eigenvalue weighted by atomic mass is 9.97. The first-order valence-corrected chi connectivity index (χ1v) is 7.00. The fourth-order valence-corrected chi connectivity index (χ4v) is 2.71. The Hall–Kier alpha value is -1.98. The van der Waals surface area contributed by atoms with Crippen LogP contribution in [0.4, 0.5) is 14.5 Å². The van der Waals surface area contributed by atoms with E-state index in [4.69, 9.17) is 0 Å². The fourth-order valence-electron chi connectivity index (χ4n) is 2.71. The van der Waals surface area contributed by atoms with E-state index in [0.717, 1.165) is 43.9 Å². The second-order valence-electron chi connectivity index (χ2n) is 5.34. The Balaban J connectivity index is 2.13. The molecule has 0 saturated heterocycles. The summed E-state index contributed by atoms with van der Waals surface area (Å²) >= 11 is 0. The lowest BCUT2D eigenvalue weighted by molar-refractivity contribution is -0.126. The number of hydrogen-bond donors (Lipinski definition) is 2. The van der Waals surface area contributed by atoms with Crippen LogP contribution < -0.4 is 10.6 Å². The van der Waals surface area contributed by atoms with Gasteiger partial charge >= 0.3 is 0 Å². The summed E-state index contributed by atoms with van der Waals surface area (Å²) in [5.41, 5.74) is -0.214. The molecular weight excluding hydrogens is 278 g/mol. The van der Waals surface area contributed by atoms with Crippen LogP contribution in [0.1, 0.15) is 32.6 Å². The predicted molar refractivity (Wildman–Crippen MR) is 74.6 cm³/mol. The highest BCUT2D eigenvalue weighted by molar-refractivity contribution is 5.97. The quantitative estimate of drug-likeness (QED) is 0.897. The molecule has 0 aromatic heterocycles. The summed E-state index contributed by atoms with van der Waals surface area (Å²) < 4.78 is 26.7. The molecule has 0 aliphatic heterocycles. The van der Waals surface area contributed by atoms with Gasteiger partial charge in [-0.2, -0.15) is 0 Å². The van der Waals surface area contributed by atoms with Crippen LogP contribution in [0.5, 0.6) is 0 Å². The number of nitrogens with one attached hydrogen (secondary N) is 2. The van der Waals surface area contributed by atoms with E-state index < -0.39 is 23.6 Å². The Morgan fingerprint density at radius 3 is 2.52 bits per heavy atom. The van der Waals surface area contributed by atoms with E-state index in [1.54, 1.807) is 0 Å². The number of amides is 2. The molecule has 6 heteroatoms. The van der Waals surface area contributed by atoms with Crippen molar-refractivity contribution in [3.05, 3.63) is 29.8 Å². The molecule has 1 aromatic carbocycles. The number of hydrogen-bond acceptors (Lipinski definition) is 2. The second kappa shape index (κ2) is 6.65. The van der Waals surface area contributed by atoms with Gasteiger partial charge in [0.05, 0.1) is 5.69 Å². The lowest BCUT2D eigenvalue weighted by Gasteiger charge is -2.23. The molecule has 0 spiro atoms. The monoisotopic (exact) mass is 296 g/mol. The Morgan fingerprint density at radius 1 is 1.24 bits per heavy atom. The number of rotatable bonds is 4.